The maximum absolute atomic E-state index is 12.1. The van der Waals surface area contributed by atoms with Gasteiger partial charge in [0.05, 0.1) is 12.7 Å². The zero-order valence-corrected chi connectivity index (χ0v) is 12.0. The highest BCUT2D eigenvalue weighted by Crippen LogP contribution is 2.32. The lowest BCUT2D eigenvalue weighted by Gasteiger charge is -2.21. The number of carbonyl (C=O) groups excluding carboxylic acids is 1. The highest BCUT2D eigenvalue weighted by atomic mass is 16.7. The lowest BCUT2D eigenvalue weighted by atomic mass is 10.0. The molecule has 1 amide bonds. The van der Waals surface area contributed by atoms with E-state index < -0.39 is 5.79 Å². The molecule has 2 saturated heterocycles. The van der Waals surface area contributed by atoms with Crippen molar-refractivity contribution >= 4 is 5.91 Å². The van der Waals surface area contributed by atoms with Gasteiger partial charge in [-0.25, -0.2) is 0 Å². The number of carbonyl (C=O) groups is 1. The van der Waals surface area contributed by atoms with Gasteiger partial charge in [0, 0.05) is 25.4 Å². The SMILES string of the molecule is CC1(C)OCC(C2CC(=O)N(Cc3ccccc3)C2)O1. The average Bonchev–Trinajstić information content (AvgIpc) is 2.95. The molecule has 108 valence electrons. The summed E-state index contributed by atoms with van der Waals surface area (Å²) < 4.78 is 11.5. The molecule has 3 rings (SSSR count). The van der Waals surface area contributed by atoms with Crippen molar-refractivity contribution in [2.45, 2.75) is 38.7 Å². The van der Waals surface area contributed by atoms with Crippen LogP contribution in [0.15, 0.2) is 30.3 Å². The van der Waals surface area contributed by atoms with E-state index >= 15 is 0 Å². The molecular formula is C16H21NO3. The Morgan fingerprint density at radius 2 is 2.05 bits per heavy atom. The second kappa shape index (κ2) is 5.19. The van der Waals surface area contributed by atoms with E-state index in [1.165, 1.54) is 5.56 Å². The van der Waals surface area contributed by atoms with Gasteiger partial charge in [0.25, 0.3) is 0 Å². The predicted molar refractivity (Wildman–Crippen MR) is 74.9 cm³/mol. The molecule has 0 aromatic heterocycles. The minimum absolute atomic E-state index is 0.0368. The Balaban J connectivity index is 1.61. The Bertz CT molecular complexity index is 486. The minimum atomic E-state index is -0.513. The van der Waals surface area contributed by atoms with Gasteiger partial charge in [-0.1, -0.05) is 30.3 Å². The lowest BCUT2D eigenvalue weighted by Crippen LogP contribution is -2.29. The van der Waals surface area contributed by atoms with Crippen LogP contribution < -0.4 is 0 Å². The number of hydrogen-bond acceptors (Lipinski definition) is 3. The summed E-state index contributed by atoms with van der Waals surface area (Å²) in [4.78, 5) is 14.1. The van der Waals surface area contributed by atoms with E-state index in [4.69, 9.17) is 9.47 Å². The first kappa shape index (κ1) is 13.6. The van der Waals surface area contributed by atoms with Gasteiger partial charge in [-0.3, -0.25) is 4.79 Å². The first-order chi connectivity index (χ1) is 9.53. The summed E-state index contributed by atoms with van der Waals surface area (Å²) in [6.07, 6.45) is 0.603. The maximum Gasteiger partial charge on any atom is 0.223 e. The summed E-state index contributed by atoms with van der Waals surface area (Å²) in [5.74, 6) is -0.0549. The molecule has 1 aromatic rings. The largest absolute Gasteiger partial charge is 0.348 e. The van der Waals surface area contributed by atoms with Crippen molar-refractivity contribution in [3.05, 3.63) is 35.9 Å². The molecule has 0 N–H and O–H groups in total. The van der Waals surface area contributed by atoms with Crippen molar-refractivity contribution in [2.75, 3.05) is 13.2 Å². The Morgan fingerprint density at radius 1 is 1.30 bits per heavy atom. The van der Waals surface area contributed by atoms with E-state index in [-0.39, 0.29) is 17.9 Å². The standard InChI is InChI=1S/C16H21NO3/c1-16(2)19-11-14(20-16)13-8-15(18)17(10-13)9-12-6-4-3-5-7-12/h3-7,13-14H,8-11H2,1-2H3. The van der Waals surface area contributed by atoms with Crippen molar-refractivity contribution in [3.63, 3.8) is 0 Å². The fourth-order valence-electron chi connectivity index (χ4n) is 2.96. The van der Waals surface area contributed by atoms with Gasteiger partial charge in [0.2, 0.25) is 5.91 Å². The van der Waals surface area contributed by atoms with E-state index in [9.17, 15) is 4.79 Å². The third kappa shape index (κ3) is 2.86. The van der Waals surface area contributed by atoms with E-state index in [1.54, 1.807) is 0 Å². The number of amides is 1. The van der Waals surface area contributed by atoms with Crippen LogP contribution in [-0.4, -0.2) is 35.8 Å². The normalized spacial score (nSPS) is 29.1. The summed E-state index contributed by atoms with van der Waals surface area (Å²) in [6.45, 7) is 5.88. The van der Waals surface area contributed by atoms with Crippen molar-refractivity contribution in [1.29, 1.82) is 0 Å². The van der Waals surface area contributed by atoms with Gasteiger partial charge in [-0.15, -0.1) is 0 Å². The third-order valence-electron chi connectivity index (χ3n) is 4.02. The lowest BCUT2D eigenvalue weighted by molar-refractivity contribution is -0.144. The Hall–Kier alpha value is -1.39. The number of nitrogens with zero attached hydrogens (tertiary/aromatic N) is 1. The Kier molecular flexibility index (Phi) is 3.52. The topological polar surface area (TPSA) is 38.8 Å². The number of ether oxygens (including phenoxy) is 2. The van der Waals surface area contributed by atoms with E-state index in [1.807, 2.05) is 36.9 Å². The quantitative estimate of drug-likeness (QED) is 0.848. The van der Waals surface area contributed by atoms with Gasteiger partial charge in [0.1, 0.15) is 0 Å². The van der Waals surface area contributed by atoms with Gasteiger partial charge in [0.15, 0.2) is 5.79 Å². The van der Waals surface area contributed by atoms with Gasteiger partial charge in [-0.2, -0.15) is 0 Å². The third-order valence-corrected chi connectivity index (χ3v) is 4.02. The van der Waals surface area contributed by atoms with Crippen LogP contribution in [-0.2, 0) is 20.8 Å². The molecule has 2 fully saturated rings. The Morgan fingerprint density at radius 3 is 2.70 bits per heavy atom. The molecule has 4 heteroatoms. The van der Waals surface area contributed by atoms with Crippen LogP contribution in [0.4, 0.5) is 0 Å². The first-order valence-corrected chi connectivity index (χ1v) is 7.17. The van der Waals surface area contributed by atoms with Crippen LogP contribution in [0.5, 0.6) is 0 Å². The monoisotopic (exact) mass is 275 g/mol. The van der Waals surface area contributed by atoms with Crippen molar-refractivity contribution < 1.29 is 14.3 Å². The highest BCUT2D eigenvalue weighted by molar-refractivity contribution is 5.78. The second-order valence-corrected chi connectivity index (χ2v) is 6.09. The molecule has 0 bridgehead atoms. The molecule has 2 heterocycles. The minimum Gasteiger partial charge on any atom is -0.348 e. The molecule has 2 aliphatic heterocycles. The Labute approximate surface area is 119 Å². The van der Waals surface area contributed by atoms with Gasteiger partial charge >= 0.3 is 0 Å². The number of rotatable bonds is 3. The number of benzene rings is 1. The van der Waals surface area contributed by atoms with Gasteiger partial charge in [-0.05, 0) is 19.4 Å². The summed E-state index contributed by atoms with van der Waals surface area (Å²) >= 11 is 0. The molecule has 2 atom stereocenters. The zero-order chi connectivity index (χ0) is 14.2. The van der Waals surface area contributed by atoms with E-state index in [0.29, 0.717) is 19.6 Å². The highest BCUT2D eigenvalue weighted by Gasteiger charge is 2.42. The molecular weight excluding hydrogens is 254 g/mol. The summed E-state index contributed by atoms with van der Waals surface area (Å²) in [5.41, 5.74) is 1.17. The molecule has 2 unspecified atom stereocenters. The van der Waals surface area contributed by atoms with E-state index in [2.05, 4.69) is 12.1 Å². The van der Waals surface area contributed by atoms with Crippen molar-refractivity contribution in [1.82, 2.24) is 4.90 Å². The molecule has 0 spiro atoms. The smallest absolute Gasteiger partial charge is 0.223 e. The van der Waals surface area contributed by atoms with Crippen LogP contribution in [0.1, 0.15) is 25.8 Å². The summed E-state index contributed by atoms with van der Waals surface area (Å²) in [7, 11) is 0. The summed E-state index contributed by atoms with van der Waals surface area (Å²) in [6, 6.07) is 10.1. The number of hydrogen-bond donors (Lipinski definition) is 0. The zero-order valence-electron chi connectivity index (χ0n) is 12.0. The van der Waals surface area contributed by atoms with E-state index in [0.717, 1.165) is 6.54 Å². The first-order valence-electron chi connectivity index (χ1n) is 7.17. The van der Waals surface area contributed by atoms with Crippen molar-refractivity contribution in [2.24, 2.45) is 5.92 Å². The van der Waals surface area contributed by atoms with Crippen LogP contribution in [0.3, 0.4) is 0 Å². The second-order valence-electron chi connectivity index (χ2n) is 6.09. The molecule has 4 nitrogen and oxygen atoms in total. The van der Waals surface area contributed by atoms with Crippen LogP contribution in [0.2, 0.25) is 0 Å². The molecule has 20 heavy (non-hydrogen) atoms. The van der Waals surface area contributed by atoms with Crippen LogP contribution in [0, 0.1) is 5.92 Å². The predicted octanol–water partition coefficient (Wildman–Crippen LogP) is 2.19. The molecule has 0 aliphatic carbocycles. The van der Waals surface area contributed by atoms with Crippen molar-refractivity contribution in [3.8, 4) is 0 Å². The summed E-state index contributed by atoms with van der Waals surface area (Å²) in [5, 5.41) is 0. The molecule has 1 aromatic carbocycles. The number of likely N-dealkylation sites (tertiary alicyclic amines) is 1. The van der Waals surface area contributed by atoms with Gasteiger partial charge < -0.3 is 14.4 Å². The molecule has 2 aliphatic rings. The van der Waals surface area contributed by atoms with Crippen LogP contribution >= 0.6 is 0 Å². The fourth-order valence-corrected chi connectivity index (χ4v) is 2.96. The average molecular weight is 275 g/mol. The fraction of sp³-hybridized carbons (Fsp3) is 0.562. The maximum atomic E-state index is 12.1. The molecule has 0 saturated carbocycles. The molecule has 0 radical (unpaired) electrons. The van der Waals surface area contributed by atoms with Crippen LogP contribution in [0.25, 0.3) is 0 Å².